The van der Waals surface area contributed by atoms with E-state index in [0.29, 0.717) is 0 Å². The molecule has 0 aliphatic carbocycles. The van der Waals surface area contributed by atoms with Crippen LogP contribution in [0.15, 0.2) is 39.1 Å². The Kier molecular flexibility index (Phi) is 4.79. The molecule has 0 unspecified atom stereocenters. The Morgan fingerprint density at radius 1 is 1.44 bits per heavy atom. The van der Waals surface area contributed by atoms with Crippen molar-refractivity contribution in [1.29, 1.82) is 0 Å². The minimum atomic E-state index is 0.884. The first-order valence-electron chi connectivity index (χ1n) is 5.71. The van der Waals surface area contributed by atoms with Crippen LogP contribution in [-0.2, 0) is 13.6 Å². The van der Waals surface area contributed by atoms with Crippen LogP contribution in [-0.4, -0.2) is 21.3 Å². The van der Waals surface area contributed by atoms with Gasteiger partial charge in [-0.2, -0.15) is 5.10 Å². The van der Waals surface area contributed by atoms with Gasteiger partial charge in [-0.05, 0) is 51.9 Å². The maximum absolute atomic E-state index is 4.21. The summed E-state index contributed by atoms with van der Waals surface area (Å²) in [6, 6.07) is 6.38. The smallest absolute Gasteiger partial charge is 0.190 e. The first-order chi connectivity index (χ1) is 8.70. The Hall–Kier alpha value is -0.850. The molecule has 1 aromatic heterocycles. The predicted molar refractivity (Wildman–Crippen MR) is 76.6 cm³/mol. The maximum atomic E-state index is 4.21. The lowest BCUT2D eigenvalue weighted by atomic mass is 10.2. The summed E-state index contributed by atoms with van der Waals surface area (Å²) in [4.78, 5) is 5.35. The maximum Gasteiger partial charge on any atom is 0.190 e. The van der Waals surface area contributed by atoms with Gasteiger partial charge in [0.05, 0.1) is 0 Å². The summed E-state index contributed by atoms with van der Waals surface area (Å²) in [6.07, 6.45) is 1.57. The summed E-state index contributed by atoms with van der Waals surface area (Å²) < 4.78 is 2.86. The van der Waals surface area contributed by atoms with E-state index < -0.39 is 0 Å². The number of nitrogens with zero attached hydrogens (tertiary/aromatic N) is 3. The van der Waals surface area contributed by atoms with Crippen LogP contribution in [0.5, 0.6) is 0 Å². The summed E-state index contributed by atoms with van der Waals surface area (Å²) in [5, 5.41) is 8.26. The molecular formula is C12H15BrN4S. The SMILES string of the molecule is CCNCc1ccc(Sc2ncnn2C)c(Br)c1. The Bertz CT molecular complexity index is 527. The molecule has 1 N–H and O–H groups in total. The van der Waals surface area contributed by atoms with Crippen molar-refractivity contribution < 1.29 is 0 Å². The zero-order valence-electron chi connectivity index (χ0n) is 10.4. The van der Waals surface area contributed by atoms with E-state index >= 15 is 0 Å². The highest BCUT2D eigenvalue weighted by molar-refractivity contribution is 9.10. The molecule has 0 fully saturated rings. The van der Waals surface area contributed by atoms with Crippen molar-refractivity contribution in [2.45, 2.75) is 23.5 Å². The third kappa shape index (κ3) is 3.34. The highest BCUT2D eigenvalue weighted by atomic mass is 79.9. The van der Waals surface area contributed by atoms with Gasteiger partial charge in [0.1, 0.15) is 6.33 Å². The second-order valence-corrected chi connectivity index (χ2v) is 5.68. The first kappa shape index (κ1) is 13.6. The van der Waals surface area contributed by atoms with E-state index in [9.17, 15) is 0 Å². The Balaban J connectivity index is 2.12. The number of nitrogens with one attached hydrogen (secondary N) is 1. The molecule has 0 saturated heterocycles. The first-order valence-corrected chi connectivity index (χ1v) is 7.32. The zero-order valence-corrected chi connectivity index (χ0v) is 12.8. The van der Waals surface area contributed by atoms with Crippen molar-refractivity contribution in [3.63, 3.8) is 0 Å². The minimum absolute atomic E-state index is 0.884. The van der Waals surface area contributed by atoms with Gasteiger partial charge in [0.15, 0.2) is 5.16 Å². The average Bonchev–Trinajstić information content (AvgIpc) is 2.75. The van der Waals surface area contributed by atoms with E-state index in [0.717, 1.165) is 27.6 Å². The lowest BCUT2D eigenvalue weighted by molar-refractivity contribution is 0.685. The minimum Gasteiger partial charge on any atom is -0.313 e. The monoisotopic (exact) mass is 326 g/mol. The third-order valence-electron chi connectivity index (χ3n) is 2.45. The van der Waals surface area contributed by atoms with Crippen LogP contribution in [0, 0.1) is 0 Å². The molecule has 0 aliphatic heterocycles. The molecule has 0 amide bonds. The number of aromatic nitrogens is 3. The standard InChI is InChI=1S/C12H15BrN4S/c1-3-14-7-9-4-5-11(10(13)6-9)18-12-15-8-16-17(12)2/h4-6,8,14H,3,7H2,1-2H3. The predicted octanol–water partition coefficient (Wildman–Crippen LogP) is 2.84. The van der Waals surface area contributed by atoms with E-state index in [-0.39, 0.29) is 0 Å². The van der Waals surface area contributed by atoms with Crippen molar-refractivity contribution in [2.75, 3.05) is 6.54 Å². The Morgan fingerprint density at radius 3 is 2.89 bits per heavy atom. The fraction of sp³-hybridized carbons (Fsp3) is 0.333. The van der Waals surface area contributed by atoms with Gasteiger partial charge in [-0.15, -0.1) is 0 Å². The molecule has 2 aromatic rings. The molecule has 4 nitrogen and oxygen atoms in total. The van der Waals surface area contributed by atoms with Gasteiger partial charge in [-0.1, -0.05) is 13.0 Å². The number of aryl methyl sites for hydroxylation is 1. The average molecular weight is 327 g/mol. The summed E-state index contributed by atoms with van der Waals surface area (Å²) >= 11 is 5.21. The van der Waals surface area contributed by atoms with Gasteiger partial charge < -0.3 is 5.32 Å². The molecule has 0 spiro atoms. The van der Waals surface area contributed by atoms with Crippen LogP contribution in [0.1, 0.15) is 12.5 Å². The normalized spacial score (nSPS) is 10.8. The number of halogens is 1. The van der Waals surface area contributed by atoms with Crippen LogP contribution < -0.4 is 5.32 Å². The van der Waals surface area contributed by atoms with Crippen molar-refractivity contribution in [3.8, 4) is 0 Å². The molecule has 96 valence electrons. The van der Waals surface area contributed by atoms with Gasteiger partial charge in [-0.3, -0.25) is 0 Å². The highest BCUT2D eigenvalue weighted by Crippen LogP contribution is 2.32. The van der Waals surface area contributed by atoms with Crippen LogP contribution in [0.2, 0.25) is 0 Å². The van der Waals surface area contributed by atoms with Gasteiger partial charge in [0.25, 0.3) is 0 Å². The number of rotatable bonds is 5. The lowest BCUT2D eigenvalue weighted by Crippen LogP contribution is -2.11. The quantitative estimate of drug-likeness (QED) is 0.917. The number of hydrogen-bond donors (Lipinski definition) is 1. The summed E-state index contributed by atoms with van der Waals surface area (Å²) in [7, 11) is 1.89. The molecule has 18 heavy (non-hydrogen) atoms. The zero-order chi connectivity index (χ0) is 13.0. The van der Waals surface area contributed by atoms with Gasteiger partial charge in [-0.25, -0.2) is 9.67 Å². The summed E-state index contributed by atoms with van der Waals surface area (Å²) in [5.41, 5.74) is 1.27. The van der Waals surface area contributed by atoms with Crippen molar-refractivity contribution in [2.24, 2.45) is 7.05 Å². The molecule has 1 heterocycles. The third-order valence-corrected chi connectivity index (χ3v) is 4.49. The van der Waals surface area contributed by atoms with E-state index in [2.05, 4.69) is 56.5 Å². The fourth-order valence-electron chi connectivity index (χ4n) is 1.48. The van der Waals surface area contributed by atoms with E-state index in [1.54, 1.807) is 22.8 Å². The number of hydrogen-bond acceptors (Lipinski definition) is 4. The van der Waals surface area contributed by atoms with E-state index in [4.69, 9.17) is 0 Å². The van der Waals surface area contributed by atoms with Gasteiger partial charge >= 0.3 is 0 Å². The molecule has 0 bridgehead atoms. The number of benzene rings is 1. The fourth-order valence-corrected chi connectivity index (χ4v) is 2.92. The molecule has 2 rings (SSSR count). The highest BCUT2D eigenvalue weighted by Gasteiger charge is 2.07. The van der Waals surface area contributed by atoms with E-state index in [1.165, 1.54) is 5.56 Å². The van der Waals surface area contributed by atoms with Crippen molar-refractivity contribution in [1.82, 2.24) is 20.1 Å². The van der Waals surface area contributed by atoms with Crippen LogP contribution in [0.3, 0.4) is 0 Å². The summed E-state index contributed by atoms with van der Waals surface area (Å²) in [6.45, 7) is 3.98. The van der Waals surface area contributed by atoms with Crippen LogP contribution in [0.25, 0.3) is 0 Å². The molecule has 0 aliphatic rings. The Morgan fingerprint density at radius 2 is 2.28 bits per heavy atom. The van der Waals surface area contributed by atoms with Crippen molar-refractivity contribution >= 4 is 27.7 Å². The van der Waals surface area contributed by atoms with Crippen LogP contribution >= 0.6 is 27.7 Å². The van der Waals surface area contributed by atoms with Crippen LogP contribution in [0.4, 0.5) is 0 Å². The molecule has 0 atom stereocenters. The lowest BCUT2D eigenvalue weighted by Gasteiger charge is -2.07. The largest absolute Gasteiger partial charge is 0.313 e. The molecule has 6 heteroatoms. The topological polar surface area (TPSA) is 42.7 Å². The molecule has 0 saturated carbocycles. The second kappa shape index (κ2) is 6.36. The Labute approximate surface area is 119 Å². The molecule has 1 aromatic carbocycles. The van der Waals surface area contributed by atoms with Gasteiger partial charge in [0.2, 0.25) is 0 Å². The second-order valence-electron chi connectivity index (χ2n) is 3.81. The van der Waals surface area contributed by atoms with Gasteiger partial charge in [0, 0.05) is 23.0 Å². The summed E-state index contributed by atoms with van der Waals surface area (Å²) in [5.74, 6) is 0. The molecule has 0 radical (unpaired) electrons. The van der Waals surface area contributed by atoms with E-state index in [1.807, 2.05) is 7.05 Å². The molecular weight excluding hydrogens is 312 g/mol. The van der Waals surface area contributed by atoms with Crippen molar-refractivity contribution in [3.05, 3.63) is 34.6 Å².